The fourth-order valence-corrected chi connectivity index (χ4v) is 4.58. The normalized spacial score (nSPS) is 15.5. The Kier molecular flexibility index (Phi) is 8.09. The van der Waals surface area contributed by atoms with Gasteiger partial charge in [0.25, 0.3) is 11.8 Å². The van der Waals surface area contributed by atoms with E-state index in [9.17, 15) is 14.4 Å². The lowest BCUT2D eigenvalue weighted by molar-refractivity contribution is -0.124. The molecule has 6 nitrogen and oxygen atoms in total. The van der Waals surface area contributed by atoms with Crippen LogP contribution in [0.4, 0.5) is 0 Å². The van der Waals surface area contributed by atoms with E-state index in [1.54, 1.807) is 24.3 Å². The van der Waals surface area contributed by atoms with Gasteiger partial charge in [-0.1, -0.05) is 43.6 Å². The summed E-state index contributed by atoms with van der Waals surface area (Å²) in [7, 11) is 0. The largest absolute Gasteiger partial charge is 0.354 e. The van der Waals surface area contributed by atoms with Crippen molar-refractivity contribution in [2.24, 2.45) is 11.8 Å². The minimum atomic E-state index is -0.679. The standard InChI is InChI=1S/C23H28ClN3O3S/c1-15(2)14-25-22(29)20(26-21(28)17-6-3-4-7-18(17)24)16-9-11-27(12-10-16)23(30)19-8-5-13-31-19/h3-8,13,15-16,20H,9-12,14H2,1-2H3,(H,25,29)(H,26,28)/t20-/m0/s1. The smallest absolute Gasteiger partial charge is 0.263 e. The Bertz CT molecular complexity index is 909. The van der Waals surface area contributed by atoms with Gasteiger partial charge in [-0.15, -0.1) is 11.3 Å². The zero-order valence-corrected chi connectivity index (χ0v) is 19.3. The highest BCUT2D eigenvalue weighted by molar-refractivity contribution is 7.12. The highest BCUT2D eigenvalue weighted by Gasteiger charge is 2.34. The number of nitrogens with zero attached hydrogens (tertiary/aromatic N) is 1. The van der Waals surface area contributed by atoms with Gasteiger partial charge in [0.15, 0.2) is 0 Å². The molecule has 1 aliphatic rings. The lowest BCUT2D eigenvalue weighted by Gasteiger charge is -2.35. The number of piperidine rings is 1. The number of halogens is 1. The van der Waals surface area contributed by atoms with Crippen LogP contribution in [0.15, 0.2) is 41.8 Å². The third-order valence-electron chi connectivity index (χ3n) is 5.40. The predicted octanol–water partition coefficient (Wildman–Crippen LogP) is 3.82. The van der Waals surface area contributed by atoms with Crippen LogP contribution < -0.4 is 10.6 Å². The molecule has 8 heteroatoms. The van der Waals surface area contributed by atoms with Gasteiger partial charge in [0.05, 0.1) is 15.5 Å². The van der Waals surface area contributed by atoms with E-state index in [4.69, 9.17) is 11.6 Å². The first-order valence-electron chi connectivity index (χ1n) is 10.5. The van der Waals surface area contributed by atoms with Gasteiger partial charge >= 0.3 is 0 Å². The first-order chi connectivity index (χ1) is 14.9. The molecule has 1 saturated heterocycles. The van der Waals surface area contributed by atoms with E-state index in [2.05, 4.69) is 10.6 Å². The van der Waals surface area contributed by atoms with Crippen LogP contribution in [0.5, 0.6) is 0 Å². The SMILES string of the molecule is CC(C)CNC(=O)[C@@H](NC(=O)c1ccccc1Cl)C1CCN(C(=O)c2cccs2)CC1. The van der Waals surface area contributed by atoms with Crippen LogP contribution in [0.3, 0.4) is 0 Å². The average molecular weight is 462 g/mol. The number of amides is 3. The van der Waals surface area contributed by atoms with Crippen molar-refractivity contribution in [2.75, 3.05) is 19.6 Å². The van der Waals surface area contributed by atoms with Crippen molar-refractivity contribution >= 4 is 40.7 Å². The fraction of sp³-hybridized carbons (Fsp3) is 0.435. The highest BCUT2D eigenvalue weighted by atomic mass is 35.5. The van der Waals surface area contributed by atoms with Crippen molar-refractivity contribution < 1.29 is 14.4 Å². The number of benzene rings is 1. The molecule has 0 aliphatic carbocycles. The van der Waals surface area contributed by atoms with Gasteiger partial charge in [0, 0.05) is 19.6 Å². The van der Waals surface area contributed by atoms with E-state index in [1.807, 2.05) is 36.3 Å². The highest BCUT2D eigenvalue weighted by Crippen LogP contribution is 2.24. The van der Waals surface area contributed by atoms with Crippen LogP contribution >= 0.6 is 22.9 Å². The Morgan fingerprint density at radius 1 is 1.13 bits per heavy atom. The molecule has 0 spiro atoms. The van der Waals surface area contributed by atoms with E-state index in [-0.39, 0.29) is 23.6 Å². The summed E-state index contributed by atoms with van der Waals surface area (Å²) in [5.41, 5.74) is 0.344. The number of hydrogen-bond donors (Lipinski definition) is 2. The second kappa shape index (κ2) is 10.8. The topological polar surface area (TPSA) is 78.5 Å². The summed E-state index contributed by atoms with van der Waals surface area (Å²) >= 11 is 7.60. The molecule has 166 valence electrons. The maximum atomic E-state index is 13.0. The summed E-state index contributed by atoms with van der Waals surface area (Å²) in [6, 6.07) is 9.80. The monoisotopic (exact) mass is 461 g/mol. The number of likely N-dealkylation sites (tertiary alicyclic amines) is 1. The van der Waals surface area contributed by atoms with Gasteiger partial charge in [0.2, 0.25) is 5.91 Å². The second-order valence-corrected chi connectivity index (χ2v) is 9.53. The first kappa shape index (κ1) is 23.3. The molecule has 2 aromatic rings. The van der Waals surface area contributed by atoms with Gasteiger partial charge < -0.3 is 15.5 Å². The first-order valence-corrected chi connectivity index (χ1v) is 11.8. The predicted molar refractivity (Wildman–Crippen MR) is 124 cm³/mol. The van der Waals surface area contributed by atoms with E-state index in [0.717, 1.165) is 4.88 Å². The molecule has 1 aromatic carbocycles. The molecule has 1 atom stereocenters. The van der Waals surface area contributed by atoms with Gasteiger partial charge in [-0.05, 0) is 48.3 Å². The van der Waals surface area contributed by atoms with Crippen molar-refractivity contribution in [3.8, 4) is 0 Å². The van der Waals surface area contributed by atoms with E-state index in [0.29, 0.717) is 49.0 Å². The Balaban J connectivity index is 1.69. The van der Waals surface area contributed by atoms with Crippen molar-refractivity contribution in [1.29, 1.82) is 0 Å². The molecular weight excluding hydrogens is 434 g/mol. The number of rotatable bonds is 7. The van der Waals surface area contributed by atoms with Crippen molar-refractivity contribution in [1.82, 2.24) is 15.5 Å². The summed E-state index contributed by atoms with van der Waals surface area (Å²) in [4.78, 5) is 41.0. The van der Waals surface area contributed by atoms with E-state index < -0.39 is 6.04 Å². The molecular formula is C23H28ClN3O3S. The molecule has 3 amide bonds. The average Bonchev–Trinajstić information content (AvgIpc) is 3.30. The zero-order valence-electron chi connectivity index (χ0n) is 17.8. The lowest BCUT2D eigenvalue weighted by Crippen LogP contribution is -2.54. The molecule has 1 aromatic heterocycles. The Morgan fingerprint density at radius 2 is 1.84 bits per heavy atom. The summed E-state index contributed by atoms with van der Waals surface area (Å²) in [5.74, 6) is -0.306. The number of hydrogen-bond acceptors (Lipinski definition) is 4. The quantitative estimate of drug-likeness (QED) is 0.657. The minimum Gasteiger partial charge on any atom is -0.354 e. The molecule has 0 saturated carbocycles. The molecule has 1 aliphatic heterocycles. The van der Waals surface area contributed by atoms with Gasteiger partial charge in [-0.25, -0.2) is 0 Å². The van der Waals surface area contributed by atoms with Crippen LogP contribution in [0.2, 0.25) is 5.02 Å². The molecule has 2 N–H and O–H groups in total. The second-order valence-electron chi connectivity index (χ2n) is 8.18. The van der Waals surface area contributed by atoms with Gasteiger partial charge in [-0.2, -0.15) is 0 Å². The minimum absolute atomic E-state index is 0.0226. The molecule has 2 heterocycles. The number of nitrogens with one attached hydrogen (secondary N) is 2. The van der Waals surface area contributed by atoms with Crippen LogP contribution in [0.25, 0.3) is 0 Å². The fourth-order valence-electron chi connectivity index (χ4n) is 3.67. The molecule has 0 unspecified atom stereocenters. The summed E-state index contributed by atoms with van der Waals surface area (Å²) in [6.45, 7) is 5.68. The van der Waals surface area contributed by atoms with Crippen LogP contribution in [-0.2, 0) is 4.79 Å². The third-order valence-corrected chi connectivity index (χ3v) is 6.59. The van der Waals surface area contributed by atoms with Crippen LogP contribution in [0, 0.1) is 11.8 Å². The number of thiophene rings is 1. The summed E-state index contributed by atoms with van der Waals surface area (Å²) in [5, 5.41) is 8.08. The third kappa shape index (κ3) is 6.08. The Morgan fingerprint density at radius 3 is 2.45 bits per heavy atom. The molecule has 31 heavy (non-hydrogen) atoms. The summed E-state index contributed by atoms with van der Waals surface area (Å²) in [6.07, 6.45) is 1.28. The Hall–Kier alpha value is -2.38. The molecule has 0 radical (unpaired) electrons. The van der Waals surface area contributed by atoms with E-state index >= 15 is 0 Å². The van der Waals surface area contributed by atoms with Crippen LogP contribution in [0.1, 0.15) is 46.7 Å². The zero-order chi connectivity index (χ0) is 22.4. The summed E-state index contributed by atoms with van der Waals surface area (Å²) < 4.78 is 0. The number of carbonyl (C=O) groups is 3. The maximum absolute atomic E-state index is 13.0. The van der Waals surface area contributed by atoms with Gasteiger partial charge in [-0.3, -0.25) is 14.4 Å². The Labute approximate surface area is 192 Å². The molecule has 0 bridgehead atoms. The van der Waals surface area contributed by atoms with Crippen molar-refractivity contribution in [2.45, 2.75) is 32.7 Å². The van der Waals surface area contributed by atoms with Crippen LogP contribution in [-0.4, -0.2) is 48.3 Å². The van der Waals surface area contributed by atoms with E-state index in [1.165, 1.54) is 11.3 Å². The van der Waals surface area contributed by atoms with Crippen molar-refractivity contribution in [3.63, 3.8) is 0 Å². The van der Waals surface area contributed by atoms with Crippen molar-refractivity contribution in [3.05, 3.63) is 57.2 Å². The lowest BCUT2D eigenvalue weighted by atomic mass is 9.88. The maximum Gasteiger partial charge on any atom is 0.263 e. The van der Waals surface area contributed by atoms with Gasteiger partial charge in [0.1, 0.15) is 6.04 Å². The molecule has 3 rings (SSSR count). The number of carbonyl (C=O) groups excluding carboxylic acids is 3. The molecule has 1 fully saturated rings.